The number of esters is 1. The summed E-state index contributed by atoms with van der Waals surface area (Å²) in [6.07, 6.45) is 5.46. The average Bonchev–Trinajstić information content (AvgIpc) is 2.70. The molecule has 0 aliphatic carbocycles. The Labute approximate surface area is 159 Å². The molecule has 2 heterocycles. The summed E-state index contributed by atoms with van der Waals surface area (Å²) >= 11 is 0. The highest BCUT2D eigenvalue weighted by atomic mass is 16.5. The van der Waals surface area contributed by atoms with Gasteiger partial charge >= 0.3 is 5.97 Å². The quantitative estimate of drug-likeness (QED) is 0.760. The van der Waals surface area contributed by atoms with E-state index in [0.29, 0.717) is 24.4 Å². The minimum atomic E-state index is -0.406. The summed E-state index contributed by atoms with van der Waals surface area (Å²) in [4.78, 5) is 34.2. The Morgan fingerprint density at radius 1 is 1.11 bits per heavy atom. The van der Waals surface area contributed by atoms with Gasteiger partial charge in [-0.15, -0.1) is 0 Å². The zero-order chi connectivity index (χ0) is 19.3. The van der Waals surface area contributed by atoms with Crippen molar-refractivity contribution in [1.29, 1.82) is 0 Å². The molecule has 3 rings (SSSR count). The molecule has 1 saturated heterocycles. The van der Waals surface area contributed by atoms with Gasteiger partial charge in [0, 0.05) is 44.2 Å². The zero-order valence-electron chi connectivity index (χ0n) is 15.9. The minimum Gasteiger partial charge on any atom is -0.462 e. The van der Waals surface area contributed by atoms with Gasteiger partial charge in [-0.3, -0.25) is 4.79 Å². The number of carbonyl (C=O) groups is 2. The SMILES string of the molecule is CCOC(=O)c1cnc(CC2(c3ccccc3)CCN(C(C)=O)CC2)nc1. The predicted molar refractivity (Wildman–Crippen MR) is 101 cm³/mol. The van der Waals surface area contributed by atoms with E-state index < -0.39 is 5.97 Å². The highest BCUT2D eigenvalue weighted by molar-refractivity contribution is 5.88. The van der Waals surface area contributed by atoms with Crippen LogP contribution in [0.2, 0.25) is 0 Å². The average molecular weight is 367 g/mol. The molecule has 142 valence electrons. The first kappa shape index (κ1) is 19.0. The van der Waals surface area contributed by atoms with Crippen LogP contribution in [0, 0.1) is 0 Å². The van der Waals surface area contributed by atoms with Crippen molar-refractivity contribution in [1.82, 2.24) is 14.9 Å². The van der Waals surface area contributed by atoms with E-state index in [-0.39, 0.29) is 11.3 Å². The van der Waals surface area contributed by atoms with Crippen LogP contribution >= 0.6 is 0 Å². The van der Waals surface area contributed by atoms with Crippen LogP contribution in [0.1, 0.15) is 48.4 Å². The molecule has 1 aromatic carbocycles. The molecule has 1 amide bonds. The number of likely N-dealkylation sites (tertiary alicyclic amines) is 1. The lowest BCUT2D eigenvalue weighted by molar-refractivity contribution is -0.130. The Balaban J connectivity index is 1.82. The van der Waals surface area contributed by atoms with E-state index in [1.807, 2.05) is 23.1 Å². The van der Waals surface area contributed by atoms with Crippen molar-refractivity contribution < 1.29 is 14.3 Å². The molecule has 1 aromatic heterocycles. The van der Waals surface area contributed by atoms with E-state index in [1.165, 1.54) is 18.0 Å². The van der Waals surface area contributed by atoms with Gasteiger partial charge in [0.1, 0.15) is 5.82 Å². The van der Waals surface area contributed by atoms with Crippen LogP contribution in [-0.2, 0) is 21.4 Å². The molecular weight excluding hydrogens is 342 g/mol. The molecule has 2 aromatic rings. The predicted octanol–water partition coefficient (Wildman–Crippen LogP) is 2.78. The number of amides is 1. The van der Waals surface area contributed by atoms with Crippen LogP contribution in [0.25, 0.3) is 0 Å². The van der Waals surface area contributed by atoms with Crippen molar-refractivity contribution in [3.8, 4) is 0 Å². The number of nitrogens with zero attached hydrogens (tertiary/aromatic N) is 3. The summed E-state index contributed by atoms with van der Waals surface area (Å²) in [5.74, 6) is 0.409. The molecule has 0 bridgehead atoms. The molecule has 6 nitrogen and oxygen atoms in total. The van der Waals surface area contributed by atoms with Crippen LogP contribution in [0.4, 0.5) is 0 Å². The Kier molecular flexibility index (Phi) is 5.84. The molecule has 0 unspecified atom stereocenters. The molecule has 0 spiro atoms. The van der Waals surface area contributed by atoms with Crippen molar-refractivity contribution in [3.05, 3.63) is 59.7 Å². The smallest absolute Gasteiger partial charge is 0.341 e. The van der Waals surface area contributed by atoms with Gasteiger partial charge in [0.05, 0.1) is 12.2 Å². The maximum absolute atomic E-state index is 11.8. The molecule has 0 radical (unpaired) electrons. The maximum atomic E-state index is 11.8. The normalized spacial score (nSPS) is 16.0. The third kappa shape index (κ3) is 4.32. The van der Waals surface area contributed by atoms with Crippen molar-refractivity contribution in [3.63, 3.8) is 0 Å². The van der Waals surface area contributed by atoms with Crippen molar-refractivity contribution >= 4 is 11.9 Å². The van der Waals surface area contributed by atoms with E-state index in [0.717, 1.165) is 25.9 Å². The third-order valence-corrected chi connectivity index (χ3v) is 5.26. The number of piperidine rings is 1. The number of ether oxygens (including phenoxy) is 1. The third-order valence-electron chi connectivity index (χ3n) is 5.26. The van der Waals surface area contributed by atoms with Crippen LogP contribution in [0.15, 0.2) is 42.7 Å². The number of rotatable bonds is 5. The fourth-order valence-electron chi connectivity index (χ4n) is 3.68. The molecule has 1 fully saturated rings. The molecule has 1 aliphatic rings. The molecule has 0 saturated carbocycles. The zero-order valence-corrected chi connectivity index (χ0v) is 15.9. The second-order valence-corrected chi connectivity index (χ2v) is 6.94. The van der Waals surface area contributed by atoms with Gasteiger partial charge in [-0.05, 0) is 25.3 Å². The van der Waals surface area contributed by atoms with E-state index in [1.54, 1.807) is 13.8 Å². The Morgan fingerprint density at radius 2 is 1.74 bits per heavy atom. The summed E-state index contributed by atoms with van der Waals surface area (Å²) < 4.78 is 4.98. The van der Waals surface area contributed by atoms with Crippen molar-refractivity contribution in [2.24, 2.45) is 0 Å². The summed E-state index contributed by atoms with van der Waals surface area (Å²) in [6.45, 7) is 5.16. The number of benzene rings is 1. The second-order valence-electron chi connectivity index (χ2n) is 6.94. The highest BCUT2D eigenvalue weighted by Crippen LogP contribution is 2.38. The van der Waals surface area contributed by atoms with E-state index in [4.69, 9.17) is 4.74 Å². The van der Waals surface area contributed by atoms with Gasteiger partial charge in [-0.25, -0.2) is 14.8 Å². The number of hydrogen-bond donors (Lipinski definition) is 0. The first-order valence-corrected chi connectivity index (χ1v) is 9.33. The lowest BCUT2D eigenvalue weighted by atomic mass is 9.70. The minimum absolute atomic E-state index is 0.112. The fraction of sp³-hybridized carbons (Fsp3) is 0.429. The second kappa shape index (κ2) is 8.29. The Hall–Kier alpha value is -2.76. The fourth-order valence-corrected chi connectivity index (χ4v) is 3.68. The van der Waals surface area contributed by atoms with Crippen LogP contribution in [0.5, 0.6) is 0 Å². The van der Waals surface area contributed by atoms with Crippen LogP contribution in [-0.4, -0.2) is 46.4 Å². The lowest BCUT2D eigenvalue weighted by Gasteiger charge is -2.42. The molecule has 1 aliphatic heterocycles. The largest absolute Gasteiger partial charge is 0.462 e. The van der Waals surface area contributed by atoms with Gasteiger partial charge < -0.3 is 9.64 Å². The first-order valence-electron chi connectivity index (χ1n) is 9.33. The lowest BCUT2D eigenvalue weighted by Crippen LogP contribution is -2.45. The van der Waals surface area contributed by atoms with Gasteiger partial charge in [0.15, 0.2) is 0 Å². The summed E-state index contributed by atoms with van der Waals surface area (Å²) in [5, 5.41) is 0. The molecule has 6 heteroatoms. The van der Waals surface area contributed by atoms with Gasteiger partial charge in [-0.2, -0.15) is 0 Å². The topological polar surface area (TPSA) is 72.4 Å². The number of hydrogen-bond acceptors (Lipinski definition) is 5. The Morgan fingerprint density at radius 3 is 2.30 bits per heavy atom. The van der Waals surface area contributed by atoms with Crippen LogP contribution < -0.4 is 0 Å². The van der Waals surface area contributed by atoms with E-state index >= 15 is 0 Å². The number of aromatic nitrogens is 2. The van der Waals surface area contributed by atoms with E-state index in [2.05, 4.69) is 22.1 Å². The highest BCUT2D eigenvalue weighted by Gasteiger charge is 2.37. The monoisotopic (exact) mass is 367 g/mol. The van der Waals surface area contributed by atoms with Crippen LogP contribution in [0.3, 0.4) is 0 Å². The first-order chi connectivity index (χ1) is 13.0. The van der Waals surface area contributed by atoms with Gasteiger partial charge in [0.2, 0.25) is 5.91 Å². The Bertz CT molecular complexity index is 782. The van der Waals surface area contributed by atoms with Crippen molar-refractivity contribution in [2.75, 3.05) is 19.7 Å². The van der Waals surface area contributed by atoms with Gasteiger partial charge in [-0.1, -0.05) is 30.3 Å². The standard InChI is InChI=1S/C21H25N3O3/c1-3-27-20(26)17-14-22-19(23-15-17)13-21(18-7-5-4-6-8-18)9-11-24(12-10-21)16(2)25/h4-8,14-15H,3,9-13H2,1-2H3. The summed E-state index contributed by atoms with van der Waals surface area (Å²) in [5.41, 5.74) is 1.49. The van der Waals surface area contributed by atoms with E-state index in [9.17, 15) is 9.59 Å². The molecular formula is C21H25N3O3. The molecule has 0 N–H and O–H groups in total. The van der Waals surface area contributed by atoms with Gasteiger partial charge in [0.25, 0.3) is 0 Å². The maximum Gasteiger partial charge on any atom is 0.341 e. The summed E-state index contributed by atoms with van der Waals surface area (Å²) in [6, 6.07) is 10.4. The van der Waals surface area contributed by atoms with Crippen molar-refractivity contribution in [2.45, 2.75) is 38.5 Å². The number of carbonyl (C=O) groups excluding carboxylic acids is 2. The molecule has 27 heavy (non-hydrogen) atoms. The summed E-state index contributed by atoms with van der Waals surface area (Å²) in [7, 11) is 0. The molecule has 0 atom stereocenters.